The molecule has 1 aliphatic carbocycles. The number of carboxylic acids is 1. The number of sulfonamides is 1. The van der Waals surface area contributed by atoms with Crippen molar-refractivity contribution in [3.05, 3.63) is 15.8 Å². The Balaban J connectivity index is 2.12. The molecule has 0 saturated heterocycles. The number of aromatic carboxylic acids is 1. The van der Waals surface area contributed by atoms with E-state index in [4.69, 9.17) is 5.11 Å². The van der Waals surface area contributed by atoms with Gasteiger partial charge in [-0.3, -0.25) is 0 Å². The van der Waals surface area contributed by atoms with Crippen molar-refractivity contribution in [3.63, 3.8) is 0 Å². The second kappa shape index (κ2) is 6.46. The average molecular weight is 331 g/mol. The highest BCUT2D eigenvalue weighted by atomic mass is 32.2. The zero-order chi connectivity index (χ0) is 15.6. The summed E-state index contributed by atoms with van der Waals surface area (Å²) in [5, 5.41) is 10.7. The monoisotopic (exact) mass is 331 g/mol. The third kappa shape index (κ3) is 3.84. The molecule has 2 rings (SSSR count). The molecule has 0 amide bonds. The minimum atomic E-state index is -3.76. The van der Waals surface area contributed by atoms with Gasteiger partial charge in [0, 0.05) is 6.54 Å². The molecule has 1 fully saturated rings. The third-order valence-corrected chi connectivity index (χ3v) is 6.81. The van der Waals surface area contributed by atoms with Crippen LogP contribution in [0.4, 0.5) is 0 Å². The highest BCUT2D eigenvalue weighted by Gasteiger charge is 2.28. The lowest BCUT2D eigenvalue weighted by Crippen LogP contribution is -2.32. The smallest absolute Gasteiger partial charge is 0.347 e. The Morgan fingerprint density at radius 1 is 1.48 bits per heavy atom. The molecule has 118 valence electrons. The molecule has 2 N–H and O–H groups in total. The Kier molecular flexibility index (Phi) is 5.06. The number of aryl methyl sites for hydroxylation is 1. The Hall–Kier alpha value is -0.920. The van der Waals surface area contributed by atoms with Gasteiger partial charge in [0.05, 0.1) is 0 Å². The molecule has 0 aromatic carbocycles. The highest BCUT2D eigenvalue weighted by Crippen LogP contribution is 2.30. The molecule has 0 spiro atoms. The summed E-state index contributed by atoms with van der Waals surface area (Å²) in [6.45, 7) is 4.20. The Morgan fingerprint density at radius 2 is 2.19 bits per heavy atom. The Bertz CT molecular complexity index is 621. The first-order valence-electron chi connectivity index (χ1n) is 7.12. The van der Waals surface area contributed by atoms with Crippen molar-refractivity contribution in [1.29, 1.82) is 0 Å². The minimum absolute atomic E-state index is 0.0798. The van der Waals surface area contributed by atoms with Gasteiger partial charge in [0.1, 0.15) is 9.77 Å². The molecule has 21 heavy (non-hydrogen) atoms. The van der Waals surface area contributed by atoms with Gasteiger partial charge in [-0.05, 0) is 42.5 Å². The molecule has 2 atom stereocenters. The number of rotatable bonds is 5. The van der Waals surface area contributed by atoms with Crippen molar-refractivity contribution < 1.29 is 18.3 Å². The SMILES string of the molecule is Cc1csc(C(=O)O)c1S(=O)(=O)NCC1CCCC(C)C1. The summed E-state index contributed by atoms with van der Waals surface area (Å²) in [7, 11) is -3.76. The predicted octanol–water partition coefficient (Wildman–Crippen LogP) is 2.86. The molecule has 0 bridgehead atoms. The first-order valence-corrected chi connectivity index (χ1v) is 9.48. The van der Waals surface area contributed by atoms with Crippen molar-refractivity contribution in [2.75, 3.05) is 6.54 Å². The fourth-order valence-corrected chi connectivity index (χ4v) is 5.70. The van der Waals surface area contributed by atoms with Crippen LogP contribution in [0.3, 0.4) is 0 Å². The van der Waals surface area contributed by atoms with Crippen molar-refractivity contribution in [2.24, 2.45) is 11.8 Å². The number of hydrogen-bond donors (Lipinski definition) is 2. The summed E-state index contributed by atoms with van der Waals surface area (Å²) in [5.41, 5.74) is 0.488. The maximum atomic E-state index is 12.4. The van der Waals surface area contributed by atoms with E-state index in [0.717, 1.165) is 30.6 Å². The molecule has 5 nitrogen and oxygen atoms in total. The van der Waals surface area contributed by atoms with Gasteiger partial charge < -0.3 is 5.11 Å². The summed E-state index contributed by atoms with van der Waals surface area (Å²) >= 11 is 0.954. The molecule has 1 aromatic heterocycles. The summed E-state index contributed by atoms with van der Waals surface area (Å²) in [5.74, 6) is -0.221. The molecule has 1 saturated carbocycles. The molecular weight excluding hydrogens is 310 g/mol. The molecule has 2 unspecified atom stereocenters. The second-order valence-electron chi connectivity index (χ2n) is 5.87. The zero-order valence-corrected chi connectivity index (χ0v) is 13.9. The second-order valence-corrected chi connectivity index (χ2v) is 8.46. The quantitative estimate of drug-likeness (QED) is 0.869. The lowest BCUT2D eigenvalue weighted by atomic mass is 9.83. The van der Waals surface area contributed by atoms with Gasteiger partial charge in [-0.2, -0.15) is 0 Å². The summed E-state index contributed by atoms with van der Waals surface area (Å²) in [6.07, 6.45) is 4.39. The molecule has 1 heterocycles. The van der Waals surface area contributed by atoms with E-state index < -0.39 is 16.0 Å². The van der Waals surface area contributed by atoms with E-state index in [-0.39, 0.29) is 9.77 Å². The van der Waals surface area contributed by atoms with Crippen LogP contribution in [0.2, 0.25) is 0 Å². The van der Waals surface area contributed by atoms with Crippen LogP contribution in [0.15, 0.2) is 10.3 Å². The van der Waals surface area contributed by atoms with Crippen molar-refractivity contribution in [2.45, 2.75) is 44.4 Å². The first-order chi connectivity index (χ1) is 9.81. The van der Waals surface area contributed by atoms with Crippen LogP contribution < -0.4 is 4.72 Å². The molecular formula is C14H21NO4S2. The van der Waals surface area contributed by atoms with Crippen LogP contribution in [0.1, 0.15) is 47.8 Å². The summed E-state index contributed by atoms with van der Waals surface area (Å²) in [6, 6.07) is 0. The molecule has 0 aliphatic heterocycles. The van der Waals surface area contributed by atoms with Crippen molar-refractivity contribution in [1.82, 2.24) is 4.72 Å². The van der Waals surface area contributed by atoms with Gasteiger partial charge in [-0.25, -0.2) is 17.9 Å². The third-order valence-electron chi connectivity index (χ3n) is 3.99. The van der Waals surface area contributed by atoms with Crippen LogP contribution in [-0.4, -0.2) is 26.0 Å². The van der Waals surface area contributed by atoms with Crippen LogP contribution in [0.5, 0.6) is 0 Å². The van der Waals surface area contributed by atoms with E-state index in [0.29, 0.717) is 23.9 Å². The van der Waals surface area contributed by atoms with E-state index >= 15 is 0 Å². The first kappa shape index (κ1) is 16.5. The van der Waals surface area contributed by atoms with Crippen molar-refractivity contribution >= 4 is 27.3 Å². The maximum Gasteiger partial charge on any atom is 0.347 e. The lowest BCUT2D eigenvalue weighted by Gasteiger charge is -2.26. The normalized spacial score (nSPS) is 23.1. The van der Waals surface area contributed by atoms with Gasteiger partial charge in [-0.1, -0.05) is 19.8 Å². The number of nitrogens with one attached hydrogen (secondary N) is 1. The topological polar surface area (TPSA) is 83.5 Å². The van der Waals surface area contributed by atoms with Gasteiger partial charge in [0.25, 0.3) is 0 Å². The minimum Gasteiger partial charge on any atom is -0.477 e. The van der Waals surface area contributed by atoms with E-state index in [1.54, 1.807) is 12.3 Å². The Morgan fingerprint density at radius 3 is 2.81 bits per heavy atom. The summed E-state index contributed by atoms with van der Waals surface area (Å²) in [4.78, 5) is 11.0. The van der Waals surface area contributed by atoms with Gasteiger partial charge in [-0.15, -0.1) is 11.3 Å². The fraction of sp³-hybridized carbons (Fsp3) is 0.643. The largest absolute Gasteiger partial charge is 0.477 e. The molecule has 1 aliphatic rings. The molecule has 0 radical (unpaired) electrons. The van der Waals surface area contributed by atoms with E-state index in [2.05, 4.69) is 11.6 Å². The number of carboxylic acid groups (broad SMARTS) is 1. The van der Waals surface area contributed by atoms with E-state index in [9.17, 15) is 13.2 Å². The predicted molar refractivity (Wildman–Crippen MR) is 82.3 cm³/mol. The highest BCUT2D eigenvalue weighted by molar-refractivity contribution is 7.89. The van der Waals surface area contributed by atoms with Gasteiger partial charge >= 0.3 is 5.97 Å². The van der Waals surface area contributed by atoms with Crippen LogP contribution in [0, 0.1) is 18.8 Å². The van der Waals surface area contributed by atoms with Gasteiger partial charge in [0.2, 0.25) is 10.0 Å². The Labute approximate surface area is 129 Å². The average Bonchev–Trinajstić information content (AvgIpc) is 2.80. The number of thiophene rings is 1. The van der Waals surface area contributed by atoms with Gasteiger partial charge in [0.15, 0.2) is 0 Å². The van der Waals surface area contributed by atoms with E-state index in [1.165, 1.54) is 6.42 Å². The van der Waals surface area contributed by atoms with Crippen LogP contribution >= 0.6 is 11.3 Å². The zero-order valence-electron chi connectivity index (χ0n) is 12.3. The maximum absolute atomic E-state index is 12.4. The van der Waals surface area contributed by atoms with Crippen LogP contribution in [0.25, 0.3) is 0 Å². The molecule has 7 heteroatoms. The molecule has 1 aromatic rings. The standard InChI is InChI=1S/C14H21NO4S2/c1-9-4-3-5-11(6-9)7-15-21(18,19)13-10(2)8-20-12(13)14(16)17/h8-9,11,15H,3-7H2,1-2H3,(H,16,17). The fourth-order valence-electron chi connectivity index (χ4n) is 2.96. The summed E-state index contributed by atoms with van der Waals surface area (Å²) < 4.78 is 27.4. The number of hydrogen-bond acceptors (Lipinski definition) is 4. The van der Waals surface area contributed by atoms with Crippen LogP contribution in [-0.2, 0) is 10.0 Å². The lowest BCUT2D eigenvalue weighted by molar-refractivity contribution is 0.0698. The number of carbonyl (C=O) groups is 1. The van der Waals surface area contributed by atoms with Crippen molar-refractivity contribution in [3.8, 4) is 0 Å². The van der Waals surface area contributed by atoms with E-state index in [1.807, 2.05) is 0 Å².